The molecule has 0 radical (unpaired) electrons. The van der Waals surface area contributed by atoms with E-state index in [1.165, 1.54) is 12.1 Å². The summed E-state index contributed by atoms with van der Waals surface area (Å²) in [5.41, 5.74) is 3.57. The van der Waals surface area contributed by atoms with E-state index in [9.17, 15) is 14.3 Å². The molecule has 1 aliphatic rings. The molecular formula is C21H24FNO2. The highest BCUT2D eigenvalue weighted by atomic mass is 19.1. The van der Waals surface area contributed by atoms with E-state index < -0.39 is 6.10 Å². The highest BCUT2D eigenvalue weighted by Crippen LogP contribution is 2.31. The number of rotatable bonds is 3. The molecule has 2 aromatic carbocycles. The van der Waals surface area contributed by atoms with Crippen LogP contribution in [0.15, 0.2) is 42.5 Å². The normalized spacial score (nSPS) is 16.7. The summed E-state index contributed by atoms with van der Waals surface area (Å²) in [5, 5.41) is 10.5. The Labute approximate surface area is 148 Å². The minimum Gasteiger partial charge on any atom is -0.388 e. The molecule has 1 fully saturated rings. The second-order valence-electron chi connectivity index (χ2n) is 6.94. The lowest BCUT2D eigenvalue weighted by atomic mass is 9.87. The van der Waals surface area contributed by atoms with Crippen LogP contribution in [0.1, 0.15) is 46.0 Å². The number of piperidine rings is 1. The molecule has 1 aliphatic heterocycles. The first-order chi connectivity index (χ1) is 12.0. The summed E-state index contributed by atoms with van der Waals surface area (Å²) in [6, 6.07) is 11.9. The maximum Gasteiger partial charge on any atom is 0.254 e. The standard InChI is InChI=1S/C21H24FNO2/c1-14-3-4-15(2)19(13-14)21(25)23-11-9-17(10-12-23)20(24)16-5-7-18(22)8-6-16/h3-8,13,17,20,24H,9-12H2,1-2H3. The van der Waals surface area contributed by atoms with Gasteiger partial charge in [0.2, 0.25) is 0 Å². The lowest BCUT2D eigenvalue weighted by Crippen LogP contribution is -2.40. The summed E-state index contributed by atoms with van der Waals surface area (Å²) in [4.78, 5) is 14.6. The van der Waals surface area contributed by atoms with E-state index in [-0.39, 0.29) is 17.6 Å². The zero-order chi connectivity index (χ0) is 18.0. The van der Waals surface area contributed by atoms with E-state index in [0.717, 1.165) is 35.1 Å². The second kappa shape index (κ2) is 7.36. The highest BCUT2D eigenvalue weighted by molar-refractivity contribution is 5.95. The summed E-state index contributed by atoms with van der Waals surface area (Å²) < 4.78 is 13.0. The molecule has 1 N–H and O–H groups in total. The Morgan fingerprint density at radius 2 is 1.76 bits per heavy atom. The Bertz CT molecular complexity index is 749. The van der Waals surface area contributed by atoms with Crippen molar-refractivity contribution in [3.8, 4) is 0 Å². The number of aryl methyl sites for hydroxylation is 2. The third kappa shape index (κ3) is 3.90. The summed E-state index contributed by atoms with van der Waals surface area (Å²) in [5.74, 6) is -0.145. The molecule has 0 saturated carbocycles. The molecule has 0 spiro atoms. The number of nitrogens with zero attached hydrogens (tertiary/aromatic N) is 1. The lowest BCUT2D eigenvalue weighted by molar-refractivity contribution is 0.0461. The molecule has 1 heterocycles. The van der Waals surface area contributed by atoms with Crippen LogP contribution >= 0.6 is 0 Å². The zero-order valence-corrected chi connectivity index (χ0v) is 14.7. The van der Waals surface area contributed by atoms with Gasteiger partial charge in [-0.15, -0.1) is 0 Å². The number of hydrogen-bond acceptors (Lipinski definition) is 2. The lowest BCUT2D eigenvalue weighted by Gasteiger charge is -2.34. The molecule has 132 valence electrons. The Morgan fingerprint density at radius 3 is 2.40 bits per heavy atom. The van der Waals surface area contributed by atoms with Gasteiger partial charge >= 0.3 is 0 Å². The van der Waals surface area contributed by atoms with Crippen molar-refractivity contribution in [2.75, 3.05) is 13.1 Å². The van der Waals surface area contributed by atoms with Gasteiger partial charge in [-0.3, -0.25) is 4.79 Å². The van der Waals surface area contributed by atoms with E-state index in [0.29, 0.717) is 13.1 Å². The van der Waals surface area contributed by atoms with E-state index in [4.69, 9.17) is 0 Å². The second-order valence-corrected chi connectivity index (χ2v) is 6.94. The number of amides is 1. The number of halogens is 1. The van der Waals surface area contributed by atoms with Crippen molar-refractivity contribution in [1.82, 2.24) is 4.90 Å². The van der Waals surface area contributed by atoms with Crippen LogP contribution in [0.4, 0.5) is 4.39 Å². The summed E-state index contributed by atoms with van der Waals surface area (Å²) in [7, 11) is 0. The molecule has 0 aromatic heterocycles. The van der Waals surface area contributed by atoms with Crippen molar-refractivity contribution >= 4 is 5.91 Å². The topological polar surface area (TPSA) is 40.5 Å². The number of carbonyl (C=O) groups excluding carboxylic acids is 1. The van der Waals surface area contributed by atoms with Crippen molar-refractivity contribution < 1.29 is 14.3 Å². The van der Waals surface area contributed by atoms with Gasteiger partial charge < -0.3 is 10.0 Å². The molecule has 1 saturated heterocycles. The van der Waals surface area contributed by atoms with Crippen LogP contribution in [-0.2, 0) is 0 Å². The van der Waals surface area contributed by atoms with E-state index in [2.05, 4.69) is 0 Å². The summed E-state index contributed by atoms with van der Waals surface area (Å²) in [6.07, 6.45) is 0.878. The number of aliphatic hydroxyl groups excluding tert-OH is 1. The number of likely N-dealkylation sites (tertiary alicyclic amines) is 1. The number of hydrogen-bond donors (Lipinski definition) is 1. The fourth-order valence-electron chi connectivity index (χ4n) is 3.49. The van der Waals surface area contributed by atoms with Crippen LogP contribution in [-0.4, -0.2) is 29.0 Å². The van der Waals surface area contributed by atoms with Gasteiger partial charge in [0.1, 0.15) is 5.82 Å². The van der Waals surface area contributed by atoms with Gasteiger partial charge in [-0.2, -0.15) is 0 Å². The summed E-state index contributed by atoms with van der Waals surface area (Å²) in [6.45, 7) is 5.21. The van der Waals surface area contributed by atoms with Crippen LogP contribution in [0, 0.1) is 25.6 Å². The van der Waals surface area contributed by atoms with Gasteiger partial charge in [-0.1, -0.05) is 29.8 Å². The highest BCUT2D eigenvalue weighted by Gasteiger charge is 2.29. The smallest absolute Gasteiger partial charge is 0.254 e. The third-order valence-electron chi connectivity index (χ3n) is 5.11. The molecule has 3 rings (SSSR count). The largest absolute Gasteiger partial charge is 0.388 e. The first kappa shape index (κ1) is 17.6. The van der Waals surface area contributed by atoms with Crippen molar-refractivity contribution in [2.45, 2.75) is 32.8 Å². The molecule has 0 bridgehead atoms. The van der Waals surface area contributed by atoms with Crippen molar-refractivity contribution in [1.29, 1.82) is 0 Å². The first-order valence-corrected chi connectivity index (χ1v) is 8.76. The molecule has 1 atom stereocenters. The Morgan fingerprint density at radius 1 is 1.12 bits per heavy atom. The maximum absolute atomic E-state index is 13.0. The molecular weight excluding hydrogens is 317 g/mol. The number of carbonyl (C=O) groups is 1. The molecule has 1 unspecified atom stereocenters. The molecule has 1 amide bonds. The molecule has 2 aromatic rings. The number of benzene rings is 2. The van der Waals surface area contributed by atoms with E-state index in [1.54, 1.807) is 12.1 Å². The average Bonchev–Trinajstić information content (AvgIpc) is 2.63. The Kier molecular flexibility index (Phi) is 5.19. The van der Waals surface area contributed by atoms with Gasteiger partial charge in [0.05, 0.1) is 6.10 Å². The van der Waals surface area contributed by atoms with Gasteiger partial charge in [-0.05, 0) is 61.9 Å². The van der Waals surface area contributed by atoms with Crippen LogP contribution in [0.25, 0.3) is 0 Å². The number of aliphatic hydroxyl groups is 1. The minimum absolute atomic E-state index is 0.0657. The predicted molar refractivity (Wildman–Crippen MR) is 95.9 cm³/mol. The average molecular weight is 341 g/mol. The third-order valence-corrected chi connectivity index (χ3v) is 5.11. The molecule has 0 aliphatic carbocycles. The van der Waals surface area contributed by atoms with E-state index in [1.807, 2.05) is 36.9 Å². The maximum atomic E-state index is 13.0. The molecule has 4 heteroatoms. The predicted octanol–water partition coefficient (Wildman–Crippen LogP) is 4.03. The summed E-state index contributed by atoms with van der Waals surface area (Å²) >= 11 is 0. The van der Waals surface area contributed by atoms with Crippen molar-refractivity contribution in [3.63, 3.8) is 0 Å². The molecule has 25 heavy (non-hydrogen) atoms. The Balaban J connectivity index is 1.64. The SMILES string of the molecule is Cc1ccc(C)c(C(=O)N2CCC(C(O)c3ccc(F)cc3)CC2)c1. The van der Waals surface area contributed by atoms with E-state index >= 15 is 0 Å². The fourth-order valence-corrected chi connectivity index (χ4v) is 3.49. The molecule has 3 nitrogen and oxygen atoms in total. The van der Waals surface area contributed by atoms with Gasteiger partial charge in [-0.25, -0.2) is 4.39 Å². The fraction of sp³-hybridized carbons (Fsp3) is 0.381. The van der Waals surface area contributed by atoms with Crippen LogP contribution in [0.3, 0.4) is 0 Å². The van der Waals surface area contributed by atoms with Crippen LogP contribution in [0.2, 0.25) is 0 Å². The van der Waals surface area contributed by atoms with Crippen molar-refractivity contribution in [2.24, 2.45) is 5.92 Å². The van der Waals surface area contributed by atoms with Gasteiger partial charge in [0.15, 0.2) is 0 Å². The minimum atomic E-state index is -0.612. The van der Waals surface area contributed by atoms with Gasteiger partial charge in [0, 0.05) is 18.7 Å². The zero-order valence-electron chi connectivity index (χ0n) is 14.7. The quantitative estimate of drug-likeness (QED) is 0.916. The first-order valence-electron chi connectivity index (χ1n) is 8.76. The van der Waals surface area contributed by atoms with Gasteiger partial charge in [0.25, 0.3) is 5.91 Å². The monoisotopic (exact) mass is 341 g/mol. The van der Waals surface area contributed by atoms with Crippen LogP contribution < -0.4 is 0 Å². The Hall–Kier alpha value is -2.20. The van der Waals surface area contributed by atoms with Crippen LogP contribution in [0.5, 0.6) is 0 Å². The van der Waals surface area contributed by atoms with Crippen molar-refractivity contribution in [3.05, 3.63) is 70.5 Å².